The Morgan fingerprint density at radius 1 is 1.14 bits per heavy atom. The van der Waals surface area contributed by atoms with Gasteiger partial charge < -0.3 is 10.0 Å². The molecule has 0 aliphatic carbocycles. The number of fused-ring (bicyclic) bond motifs is 1. The highest BCUT2D eigenvalue weighted by Gasteiger charge is 2.20. The maximum atomic E-state index is 9.94. The molecule has 110 valence electrons. The van der Waals surface area contributed by atoms with E-state index < -0.39 is 0 Å². The fourth-order valence-corrected chi connectivity index (χ4v) is 3.56. The number of thiophene rings is 1. The Kier molecular flexibility index (Phi) is 3.27. The fourth-order valence-electron chi connectivity index (χ4n) is 2.86. The molecule has 0 unspecified atom stereocenters. The van der Waals surface area contributed by atoms with E-state index in [1.165, 1.54) is 5.56 Å². The second-order valence-electron chi connectivity index (χ2n) is 5.33. The Morgan fingerprint density at radius 3 is 2.95 bits per heavy atom. The Hall–Kier alpha value is -2.40. The summed E-state index contributed by atoms with van der Waals surface area (Å²) in [6.45, 7) is 1.62. The molecule has 1 aliphatic rings. The molecule has 1 aliphatic heterocycles. The lowest BCUT2D eigenvalue weighted by Crippen LogP contribution is -2.31. The molecule has 0 bridgehead atoms. The number of nitrogens with zero attached hydrogens (tertiary/aromatic N) is 3. The van der Waals surface area contributed by atoms with Crippen molar-refractivity contribution in [1.82, 2.24) is 9.97 Å². The number of benzene rings is 1. The first-order valence-electron chi connectivity index (χ1n) is 7.22. The first-order valence-corrected chi connectivity index (χ1v) is 8.10. The van der Waals surface area contributed by atoms with Gasteiger partial charge in [0, 0.05) is 24.7 Å². The first kappa shape index (κ1) is 13.3. The molecule has 0 amide bonds. The minimum absolute atomic E-state index is 0.402. The normalized spacial score (nSPS) is 13.9. The molecule has 3 aromatic rings. The van der Waals surface area contributed by atoms with Crippen LogP contribution < -0.4 is 4.90 Å². The van der Waals surface area contributed by atoms with E-state index in [9.17, 15) is 5.11 Å². The lowest BCUT2D eigenvalue weighted by atomic mass is 9.99. The van der Waals surface area contributed by atoms with Crippen LogP contribution in [-0.2, 0) is 13.0 Å². The maximum absolute atomic E-state index is 9.94. The van der Waals surface area contributed by atoms with Crippen molar-refractivity contribution >= 4 is 17.2 Å². The van der Waals surface area contributed by atoms with E-state index in [1.807, 2.05) is 18.2 Å². The summed E-state index contributed by atoms with van der Waals surface area (Å²) in [4.78, 5) is 12.2. The van der Waals surface area contributed by atoms with E-state index in [-0.39, 0.29) is 0 Å². The Bertz CT molecular complexity index is 801. The Labute approximate surface area is 132 Å². The average Bonchev–Trinajstić information content (AvgIpc) is 3.09. The van der Waals surface area contributed by atoms with E-state index in [0.29, 0.717) is 5.75 Å². The van der Waals surface area contributed by atoms with E-state index in [2.05, 4.69) is 32.4 Å². The SMILES string of the molecule is Oc1cccc2c1CCN(c1cc(-c3cccs3)ncn1)C2. The molecular weight excluding hydrogens is 294 g/mol. The largest absolute Gasteiger partial charge is 0.508 e. The number of aromatic nitrogens is 2. The van der Waals surface area contributed by atoms with Crippen LogP contribution in [0.3, 0.4) is 0 Å². The summed E-state index contributed by atoms with van der Waals surface area (Å²) in [5.41, 5.74) is 3.19. The summed E-state index contributed by atoms with van der Waals surface area (Å²) in [6.07, 6.45) is 2.46. The minimum Gasteiger partial charge on any atom is -0.508 e. The number of aromatic hydroxyl groups is 1. The molecule has 1 aromatic carbocycles. The zero-order valence-electron chi connectivity index (χ0n) is 11.9. The van der Waals surface area contributed by atoms with Crippen LogP contribution in [0.5, 0.6) is 5.75 Å². The third kappa shape index (κ3) is 2.33. The zero-order chi connectivity index (χ0) is 14.9. The van der Waals surface area contributed by atoms with Crippen molar-refractivity contribution in [2.24, 2.45) is 0 Å². The van der Waals surface area contributed by atoms with Crippen molar-refractivity contribution in [3.8, 4) is 16.3 Å². The van der Waals surface area contributed by atoms with Crippen molar-refractivity contribution < 1.29 is 5.11 Å². The molecule has 0 fully saturated rings. The number of anilines is 1. The summed E-state index contributed by atoms with van der Waals surface area (Å²) in [5.74, 6) is 1.34. The molecule has 0 radical (unpaired) electrons. The van der Waals surface area contributed by atoms with Crippen molar-refractivity contribution in [3.05, 3.63) is 59.2 Å². The second kappa shape index (κ2) is 5.42. The van der Waals surface area contributed by atoms with Gasteiger partial charge in [-0.2, -0.15) is 0 Å². The smallest absolute Gasteiger partial charge is 0.132 e. The standard InChI is InChI=1S/C17H15N3OS/c21-15-4-1-3-12-10-20(7-6-13(12)15)17-9-14(18-11-19-17)16-5-2-8-22-16/h1-5,8-9,11,21H,6-7,10H2. The predicted octanol–water partition coefficient (Wildman–Crippen LogP) is 3.47. The summed E-state index contributed by atoms with van der Waals surface area (Å²) in [5, 5.41) is 12.0. The van der Waals surface area contributed by atoms with Gasteiger partial charge in [-0.1, -0.05) is 18.2 Å². The van der Waals surface area contributed by atoms with Gasteiger partial charge in [-0.25, -0.2) is 9.97 Å². The van der Waals surface area contributed by atoms with Crippen molar-refractivity contribution in [3.63, 3.8) is 0 Å². The van der Waals surface area contributed by atoms with Crippen LogP contribution in [0.1, 0.15) is 11.1 Å². The van der Waals surface area contributed by atoms with Gasteiger partial charge in [0.05, 0.1) is 10.6 Å². The summed E-state index contributed by atoms with van der Waals surface area (Å²) in [7, 11) is 0. The van der Waals surface area contributed by atoms with Gasteiger partial charge in [0.2, 0.25) is 0 Å². The predicted molar refractivity (Wildman–Crippen MR) is 88.2 cm³/mol. The molecule has 22 heavy (non-hydrogen) atoms. The molecule has 5 heteroatoms. The number of hydrogen-bond donors (Lipinski definition) is 1. The van der Waals surface area contributed by atoms with Crippen molar-refractivity contribution in [2.75, 3.05) is 11.4 Å². The molecule has 0 spiro atoms. The number of phenolic OH excluding ortho intramolecular Hbond substituents is 1. The van der Waals surface area contributed by atoms with Gasteiger partial charge in [0.15, 0.2) is 0 Å². The van der Waals surface area contributed by atoms with Crippen LogP contribution in [0.4, 0.5) is 5.82 Å². The van der Waals surface area contributed by atoms with Gasteiger partial charge in [0.1, 0.15) is 17.9 Å². The molecule has 0 atom stereocenters. The summed E-state index contributed by atoms with van der Waals surface area (Å²) >= 11 is 1.68. The molecular formula is C17H15N3OS. The van der Waals surface area contributed by atoms with Crippen LogP contribution in [0.15, 0.2) is 48.1 Å². The van der Waals surface area contributed by atoms with E-state index in [4.69, 9.17) is 0 Å². The third-order valence-corrected chi connectivity index (χ3v) is 4.88. The number of phenols is 1. The molecule has 2 aromatic heterocycles. The van der Waals surface area contributed by atoms with Crippen LogP contribution in [0.25, 0.3) is 10.6 Å². The van der Waals surface area contributed by atoms with E-state index in [1.54, 1.807) is 23.7 Å². The number of hydrogen-bond acceptors (Lipinski definition) is 5. The topological polar surface area (TPSA) is 49.2 Å². The van der Waals surface area contributed by atoms with Gasteiger partial charge >= 0.3 is 0 Å². The monoisotopic (exact) mass is 309 g/mol. The summed E-state index contributed by atoms with van der Waals surface area (Å²) < 4.78 is 0. The zero-order valence-corrected chi connectivity index (χ0v) is 12.8. The lowest BCUT2D eigenvalue weighted by molar-refractivity contribution is 0.464. The molecule has 0 saturated carbocycles. The Balaban J connectivity index is 1.65. The highest BCUT2D eigenvalue weighted by molar-refractivity contribution is 7.13. The summed E-state index contributed by atoms with van der Waals surface area (Å²) in [6, 6.07) is 11.9. The van der Waals surface area contributed by atoms with E-state index in [0.717, 1.165) is 41.5 Å². The van der Waals surface area contributed by atoms with Gasteiger partial charge in [-0.05, 0) is 29.5 Å². The first-order chi connectivity index (χ1) is 10.8. The van der Waals surface area contributed by atoms with Crippen molar-refractivity contribution in [1.29, 1.82) is 0 Å². The van der Waals surface area contributed by atoms with E-state index >= 15 is 0 Å². The van der Waals surface area contributed by atoms with Gasteiger partial charge in [-0.3, -0.25) is 0 Å². The maximum Gasteiger partial charge on any atom is 0.132 e. The third-order valence-electron chi connectivity index (χ3n) is 3.99. The highest BCUT2D eigenvalue weighted by Crippen LogP contribution is 2.30. The lowest BCUT2D eigenvalue weighted by Gasteiger charge is -2.30. The quantitative estimate of drug-likeness (QED) is 0.787. The number of rotatable bonds is 2. The van der Waals surface area contributed by atoms with Crippen LogP contribution in [-0.4, -0.2) is 21.6 Å². The average molecular weight is 309 g/mol. The van der Waals surface area contributed by atoms with Gasteiger partial charge in [0.25, 0.3) is 0 Å². The second-order valence-corrected chi connectivity index (χ2v) is 6.27. The van der Waals surface area contributed by atoms with Crippen LogP contribution in [0, 0.1) is 0 Å². The molecule has 1 N–H and O–H groups in total. The van der Waals surface area contributed by atoms with Crippen molar-refractivity contribution in [2.45, 2.75) is 13.0 Å². The fraction of sp³-hybridized carbons (Fsp3) is 0.176. The van der Waals surface area contributed by atoms with Crippen LogP contribution in [0.2, 0.25) is 0 Å². The van der Waals surface area contributed by atoms with Crippen LogP contribution >= 0.6 is 11.3 Å². The van der Waals surface area contributed by atoms with Gasteiger partial charge in [-0.15, -0.1) is 11.3 Å². The molecule has 3 heterocycles. The molecule has 0 saturated heterocycles. The minimum atomic E-state index is 0.402. The molecule has 4 nitrogen and oxygen atoms in total. The molecule has 4 rings (SSSR count). The highest BCUT2D eigenvalue weighted by atomic mass is 32.1. The Morgan fingerprint density at radius 2 is 2.09 bits per heavy atom.